The maximum Gasteiger partial charge on any atom is 0.252 e. The molecule has 0 spiro atoms. The molecule has 1 unspecified atom stereocenters. The van der Waals surface area contributed by atoms with Gasteiger partial charge in [0.2, 0.25) is 5.91 Å². The molecule has 1 atom stereocenters. The summed E-state index contributed by atoms with van der Waals surface area (Å²) in [6.07, 6.45) is 3.36. The minimum atomic E-state index is -0.298. The van der Waals surface area contributed by atoms with Crippen LogP contribution < -0.4 is 10.6 Å². The Bertz CT molecular complexity index is 628. The Morgan fingerprint density at radius 3 is 2.81 bits per heavy atom. The molecule has 1 heterocycles. The summed E-state index contributed by atoms with van der Waals surface area (Å²) in [5.41, 5.74) is 1.37. The number of aromatic amines is 1. The van der Waals surface area contributed by atoms with E-state index in [9.17, 15) is 9.59 Å². The minimum absolute atomic E-state index is 0.0810. The number of rotatable bonds is 5. The van der Waals surface area contributed by atoms with Crippen molar-refractivity contribution in [2.45, 2.75) is 13.0 Å². The van der Waals surface area contributed by atoms with Gasteiger partial charge in [-0.15, -0.1) is 0 Å². The molecule has 3 N–H and O–H groups in total. The first kappa shape index (κ1) is 15.2. The normalized spacial score (nSPS) is 11.7. The van der Waals surface area contributed by atoms with E-state index in [1.165, 1.54) is 0 Å². The highest BCUT2D eigenvalue weighted by atomic mass is 79.9. The molecular weight excluding hydrogens is 336 g/mol. The summed E-state index contributed by atoms with van der Waals surface area (Å²) in [4.78, 5) is 23.7. The number of H-pyrrole nitrogens is 1. The largest absolute Gasteiger partial charge is 0.348 e. The fourth-order valence-electron chi connectivity index (χ4n) is 1.77. The number of nitrogens with one attached hydrogen (secondary N) is 3. The van der Waals surface area contributed by atoms with Crippen molar-refractivity contribution >= 4 is 27.7 Å². The van der Waals surface area contributed by atoms with Crippen molar-refractivity contribution in [1.29, 1.82) is 0 Å². The summed E-state index contributed by atoms with van der Waals surface area (Å²) in [5, 5.41) is 11.9. The molecule has 0 aliphatic heterocycles. The third-order valence-electron chi connectivity index (χ3n) is 2.92. The molecule has 0 radical (unpaired) electrons. The highest BCUT2D eigenvalue weighted by Gasteiger charge is 2.13. The molecule has 0 saturated carbocycles. The maximum absolute atomic E-state index is 11.9. The van der Waals surface area contributed by atoms with E-state index < -0.39 is 0 Å². The van der Waals surface area contributed by atoms with Crippen molar-refractivity contribution in [2.75, 3.05) is 6.54 Å². The number of hydrogen-bond donors (Lipinski definition) is 3. The zero-order valence-corrected chi connectivity index (χ0v) is 13.0. The predicted molar refractivity (Wildman–Crippen MR) is 81.6 cm³/mol. The van der Waals surface area contributed by atoms with Gasteiger partial charge in [-0.25, -0.2) is 0 Å². The van der Waals surface area contributed by atoms with Gasteiger partial charge in [-0.3, -0.25) is 14.7 Å². The standard InChI is InChI=1S/C14H15BrN4O2/c1-9(10-6-17-18-7-10)19-13(20)8-16-14(21)11-4-2-3-5-12(11)15/h2-7,9H,8H2,1H3,(H,16,21)(H,17,18)(H,19,20). The van der Waals surface area contributed by atoms with Crippen LogP contribution in [0.4, 0.5) is 0 Å². The molecule has 0 aliphatic rings. The molecule has 7 heteroatoms. The van der Waals surface area contributed by atoms with Crippen LogP contribution in [0.5, 0.6) is 0 Å². The molecule has 21 heavy (non-hydrogen) atoms. The van der Waals surface area contributed by atoms with Crippen LogP contribution in [0.3, 0.4) is 0 Å². The van der Waals surface area contributed by atoms with Gasteiger partial charge in [0.25, 0.3) is 5.91 Å². The zero-order valence-electron chi connectivity index (χ0n) is 11.4. The van der Waals surface area contributed by atoms with Crippen molar-refractivity contribution in [3.8, 4) is 0 Å². The van der Waals surface area contributed by atoms with Crippen LogP contribution in [-0.4, -0.2) is 28.6 Å². The first-order valence-corrected chi connectivity index (χ1v) is 7.18. The van der Waals surface area contributed by atoms with E-state index in [0.717, 1.165) is 5.56 Å². The Labute approximate surface area is 130 Å². The average Bonchev–Trinajstić information content (AvgIpc) is 2.99. The van der Waals surface area contributed by atoms with Gasteiger partial charge in [0.05, 0.1) is 24.3 Å². The number of hydrogen-bond acceptors (Lipinski definition) is 3. The molecule has 110 valence electrons. The predicted octanol–water partition coefficient (Wildman–Crippen LogP) is 1.78. The Morgan fingerprint density at radius 1 is 1.38 bits per heavy atom. The van der Waals surface area contributed by atoms with Crippen LogP contribution in [0.1, 0.15) is 28.9 Å². The second kappa shape index (κ2) is 7.03. The second-order valence-electron chi connectivity index (χ2n) is 4.48. The van der Waals surface area contributed by atoms with E-state index in [1.54, 1.807) is 30.6 Å². The number of nitrogens with zero attached hydrogens (tertiary/aromatic N) is 1. The molecule has 1 aromatic heterocycles. The monoisotopic (exact) mass is 350 g/mol. The van der Waals surface area contributed by atoms with Crippen molar-refractivity contribution in [1.82, 2.24) is 20.8 Å². The lowest BCUT2D eigenvalue weighted by molar-refractivity contribution is -0.120. The number of halogens is 1. The highest BCUT2D eigenvalue weighted by molar-refractivity contribution is 9.10. The van der Waals surface area contributed by atoms with Crippen LogP contribution in [0.15, 0.2) is 41.1 Å². The van der Waals surface area contributed by atoms with Gasteiger partial charge in [-0.1, -0.05) is 12.1 Å². The highest BCUT2D eigenvalue weighted by Crippen LogP contribution is 2.15. The molecule has 2 aromatic rings. The summed E-state index contributed by atoms with van der Waals surface area (Å²) in [6, 6.07) is 6.87. The van der Waals surface area contributed by atoms with Gasteiger partial charge in [-0.2, -0.15) is 5.10 Å². The number of carbonyl (C=O) groups is 2. The minimum Gasteiger partial charge on any atom is -0.348 e. The molecule has 6 nitrogen and oxygen atoms in total. The van der Waals surface area contributed by atoms with Gasteiger partial charge in [-0.05, 0) is 35.0 Å². The van der Waals surface area contributed by atoms with E-state index in [-0.39, 0.29) is 24.4 Å². The van der Waals surface area contributed by atoms with Crippen LogP contribution >= 0.6 is 15.9 Å². The van der Waals surface area contributed by atoms with Crippen molar-refractivity contribution in [2.24, 2.45) is 0 Å². The molecule has 0 bridgehead atoms. The fraction of sp³-hybridized carbons (Fsp3) is 0.214. The number of aromatic nitrogens is 2. The van der Waals surface area contributed by atoms with Crippen LogP contribution in [0.25, 0.3) is 0 Å². The topological polar surface area (TPSA) is 86.9 Å². The summed E-state index contributed by atoms with van der Waals surface area (Å²) in [6.45, 7) is 1.76. The Balaban J connectivity index is 1.84. The van der Waals surface area contributed by atoms with Crippen LogP contribution in [0, 0.1) is 0 Å². The summed E-state index contributed by atoms with van der Waals surface area (Å²) in [5.74, 6) is -0.558. The Morgan fingerprint density at radius 2 is 2.14 bits per heavy atom. The lowest BCUT2D eigenvalue weighted by atomic mass is 10.2. The lowest BCUT2D eigenvalue weighted by Crippen LogP contribution is -2.38. The first-order valence-electron chi connectivity index (χ1n) is 6.38. The van der Waals surface area contributed by atoms with Crippen molar-refractivity contribution in [3.63, 3.8) is 0 Å². The van der Waals surface area contributed by atoms with Gasteiger partial charge in [0, 0.05) is 16.2 Å². The number of carbonyl (C=O) groups excluding carboxylic acids is 2. The van der Waals surface area contributed by atoms with Crippen LogP contribution in [0.2, 0.25) is 0 Å². The second-order valence-corrected chi connectivity index (χ2v) is 5.34. The van der Waals surface area contributed by atoms with Gasteiger partial charge < -0.3 is 10.6 Å². The molecule has 0 fully saturated rings. The molecular formula is C14H15BrN4O2. The maximum atomic E-state index is 11.9. The lowest BCUT2D eigenvalue weighted by Gasteiger charge is -2.12. The quantitative estimate of drug-likeness (QED) is 0.768. The number of benzene rings is 1. The first-order chi connectivity index (χ1) is 10.1. The van der Waals surface area contributed by atoms with Gasteiger partial charge in [0.1, 0.15) is 0 Å². The van der Waals surface area contributed by atoms with Crippen LogP contribution in [-0.2, 0) is 4.79 Å². The van der Waals surface area contributed by atoms with E-state index in [2.05, 4.69) is 36.8 Å². The van der Waals surface area contributed by atoms with Gasteiger partial charge >= 0.3 is 0 Å². The average molecular weight is 351 g/mol. The molecule has 1 aromatic carbocycles. The number of amides is 2. The van der Waals surface area contributed by atoms with Crippen molar-refractivity contribution < 1.29 is 9.59 Å². The summed E-state index contributed by atoms with van der Waals surface area (Å²) in [7, 11) is 0. The summed E-state index contributed by atoms with van der Waals surface area (Å²) >= 11 is 3.30. The third-order valence-corrected chi connectivity index (χ3v) is 3.62. The Hall–Kier alpha value is -2.15. The zero-order chi connectivity index (χ0) is 15.2. The Kier molecular flexibility index (Phi) is 5.10. The molecule has 2 rings (SSSR count). The fourth-order valence-corrected chi connectivity index (χ4v) is 2.24. The van der Waals surface area contributed by atoms with E-state index in [4.69, 9.17) is 0 Å². The van der Waals surface area contributed by atoms with Gasteiger partial charge in [0.15, 0.2) is 0 Å². The summed E-state index contributed by atoms with van der Waals surface area (Å²) < 4.78 is 0.690. The third kappa shape index (κ3) is 4.16. The van der Waals surface area contributed by atoms with E-state index in [0.29, 0.717) is 10.0 Å². The molecule has 0 aliphatic carbocycles. The smallest absolute Gasteiger partial charge is 0.252 e. The molecule has 2 amide bonds. The van der Waals surface area contributed by atoms with E-state index in [1.807, 2.05) is 13.0 Å². The van der Waals surface area contributed by atoms with Crippen molar-refractivity contribution in [3.05, 3.63) is 52.3 Å². The molecule has 0 saturated heterocycles. The van der Waals surface area contributed by atoms with E-state index >= 15 is 0 Å². The SMILES string of the molecule is CC(NC(=O)CNC(=O)c1ccccc1Br)c1cn[nH]c1.